The van der Waals surface area contributed by atoms with Crippen LogP contribution in [0, 0.1) is 23.2 Å². The topological polar surface area (TPSA) is 107 Å². The Morgan fingerprint density at radius 3 is 1.42 bits per heavy atom. The van der Waals surface area contributed by atoms with Crippen LogP contribution in [0.1, 0.15) is 48.0 Å². The maximum absolute atomic E-state index is 11.8. The molecule has 0 fully saturated rings. The van der Waals surface area contributed by atoms with Crippen LogP contribution in [0.3, 0.4) is 0 Å². The summed E-state index contributed by atoms with van der Waals surface area (Å²) in [5, 5.41) is 8.92. The predicted octanol–water partition coefficient (Wildman–Crippen LogP) is 2.96. The summed E-state index contributed by atoms with van der Waals surface area (Å²) in [5.74, 6) is 0.324. The number of rotatable bonds is 24. The molecule has 0 saturated carbocycles. The Kier molecular flexibility index (Phi) is 20.1. The molecule has 3 unspecified atom stereocenters. The van der Waals surface area contributed by atoms with Gasteiger partial charge in [0.05, 0.1) is 51.7 Å². The first-order valence-electron chi connectivity index (χ1n) is 13.8. The zero-order chi connectivity index (χ0) is 29.0. The highest BCUT2D eigenvalue weighted by atomic mass is 16.5. The smallest absolute Gasteiger partial charge is 0.246 e. The van der Waals surface area contributed by atoms with Crippen LogP contribution < -0.4 is 16.0 Å². The van der Waals surface area contributed by atoms with Gasteiger partial charge < -0.3 is 34.9 Å². The van der Waals surface area contributed by atoms with Crippen molar-refractivity contribution in [3.05, 3.63) is 24.3 Å². The van der Waals surface area contributed by atoms with E-state index >= 15 is 0 Å². The average Bonchev–Trinajstić information content (AvgIpc) is 2.85. The van der Waals surface area contributed by atoms with Gasteiger partial charge in [0.2, 0.25) is 11.8 Å². The second kappa shape index (κ2) is 21.1. The van der Waals surface area contributed by atoms with Crippen molar-refractivity contribution in [2.24, 2.45) is 23.2 Å². The Labute approximate surface area is 231 Å². The molecular formula is C29H55N3O6. The van der Waals surface area contributed by atoms with E-state index < -0.39 is 5.41 Å². The highest BCUT2D eigenvalue weighted by Crippen LogP contribution is 2.22. The van der Waals surface area contributed by atoms with E-state index in [0.29, 0.717) is 83.0 Å². The molecule has 3 N–H and O–H groups in total. The first kappa shape index (κ1) is 36.2. The quantitative estimate of drug-likeness (QED) is 0.127. The number of carbonyl (C=O) groups is 2. The minimum Gasteiger partial charge on any atom is -0.381 e. The Balaban J connectivity index is 5.18. The van der Waals surface area contributed by atoms with E-state index in [1.807, 2.05) is 20.9 Å². The SMILES string of the molecule is C=C(C)C(=O)NCC(C)COCC(COCCC)(COCC(C)CNC)COCC(C)CNC(=O)C(=C)C. The van der Waals surface area contributed by atoms with Crippen LogP contribution in [0.15, 0.2) is 24.3 Å². The lowest BCUT2D eigenvalue weighted by Crippen LogP contribution is -2.43. The molecule has 0 spiro atoms. The van der Waals surface area contributed by atoms with Crippen molar-refractivity contribution < 1.29 is 28.5 Å². The van der Waals surface area contributed by atoms with Crippen molar-refractivity contribution in [1.29, 1.82) is 0 Å². The summed E-state index contributed by atoms with van der Waals surface area (Å²) >= 11 is 0. The summed E-state index contributed by atoms with van der Waals surface area (Å²) in [6.07, 6.45) is 0.913. The van der Waals surface area contributed by atoms with Gasteiger partial charge in [-0.15, -0.1) is 0 Å². The number of ether oxygens (including phenoxy) is 4. The third kappa shape index (κ3) is 17.7. The molecular weight excluding hydrogens is 486 g/mol. The number of hydrogen-bond donors (Lipinski definition) is 3. The number of hydrogen-bond acceptors (Lipinski definition) is 7. The molecule has 2 amide bonds. The van der Waals surface area contributed by atoms with Crippen LogP contribution >= 0.6 is 0 Å². The highest BCUT2D eigenvalue weighted by molar-refractivity contribution is 5.92. The van der Waals surface area contributed by atoms with E-state index in [-0.39, 0.29) is 23.7 Å². The zero-order valence-corrected chi connectivity index (χ0v) is 25.1. The number of carbonyl (C=O) groups excluding carboxylic acids is 2. The Morgan fingerprint density at radius 2 is 1.08 bits per heavy atom. The van der Waals surface area contributed by atoms with Gasteiger partial charge >= 0.3 is 0 Å². The molecule has 0 aromatic rings. The summed E-state index contributed by atoms with van der Waals surface area (Å²) < 4.78 is 24.5. The Bertz CT molecular complexity index is 658. The van der Waals surface area contributed by atoms with E-state index in [2.05, 4.69) is 43.0 Å². The Hall–Kier alpha value is -1.78. The molecule has 0 heterocycles. The molecule has 0 aliphatic carbocycles. The zero-order valence-electron chi connectivity index (χ0n) is 25.1. The van der Waals surface area contributed by atoms with Crippen LogP contribution in [-0.4, -0.2) is 91.4 Å². The van der Waals surface area contributed by atoms with E-state index in [1.165, 1.54) is 0 Å². The Morgan fingerprint density at radius 1 is 0.711 bits per heavy atom. The largest absolute Gasteiger partial charge is 0.381 e. The van der Waals surface area contributed by atoms with Crippen molar-refractivity contribution in [1.82, 2.24) is 16.0 Å². The molecule has 222 valence electrons. The summed E-state index contributed by atoms with van der Waals surface area (Å²) in [7, 11) is 1.93. The van der Waals surface area contributed by atoms with Gasteiger partial charge in [-0.05, 0) is 51.6 Å². The fourth-order valence-electron chi connectivity index (χ4n) is 3.47. The first-order chi connectivity index (χ1) is 18.0. The van der Waals surface area contributed by atoms with E-state index in [9.17, 15) is 9.59 Å². The van der Waals surface area contributed by atoms with Crippen molar-refractivity contribution >= 4 is 11.8 Å². The predicted molar refractivity (Wildman–Crippen MR) is 153 cm³/mol. The lowest BCUT2D eigenvalue weighted by molar-refractivity contribution is -0.119. The second-order valence-electron chi connectivity index (χ2n) is 11.0. The normalized spacial score (nSPS) is 15.2. The maximum atomic E-state index is 11.8. The van der Waals surface area contributed by atoms with Crippen molar-refractivity contribution in [2.75, 3.05) is 79.5 Å². The number of amides is 2. The third-order valence-electron chi connectivity index (χ3n) is 5.74. The molecule has 0 aromatic carbocycles. The lowest BCUT2D eigenvalue weighted by atomic mass is 9.92. The fourth-order valence-corrected chi connectivity index (χ4v) is 3.47. The molecule has 0 rings (SSSR count). The highest BCUT2D eigenvalue weighted by Gasteiger charge is 2.33. The molecule has 0 aromatic heterocycles. The molecule has 0 aliphatic heterocycles. The summed E-state index contributed by atoms with van der Waals surface area (Å²) in [6.45, 7) is 24.8. The van der Waals surface area contributed by atoms with Crippen LogP contribution in [0.2, 0.25) is 0 Å². The standard InChI is InChI=1S/C29H55N3O6/c1-10-11-35-18-29(19-36-15-24(6)12-30-9,20-37-16-25(7)13-31-27(33)22(2)3)21-38-17-26(8)14-32-28(34)23(4)5/h24-26,30H,2,4,10-21H2,1,3,5-9H3,(H,31,33)(H,32,34). The molecule has 0 saturated heterocycles. The van der Waals surface area contributed by atoms with Crippen LogP contribution in [-0.2, 0) is 28.5 Å². The summed E-state index contributed by atoms with van der Waals surface area (Å²) in [4.78, 5) is 23.6. The average molecular weight is 542 g/mol. The van der Waals surface area contributed by atoms with Crippen molar-refractivity contribution in [2.45, 2.75) is 48.0 Å². The van der Waals surface area contributed by atoms with Gasteiger partial charge in [-0.3, -0.25) is 9.59 Å². The maximum Gasteiger partial charge on any atom is 0.246 e. The monoisotopic (exact) mass is 541 g/mol. The minimum absolute atomic E-state index is 0.127. The van der Waals surface area contributed by atoms with Crippen LogP contribution in [0.25, 0.3) is 0 Å². The molecule has 0 aliphatic rings. The third-order valence-corrected chi connectivity index (χ3v) is 5.74. The van der Waals surface area contributed by atoms with E-state index in [1.54, 1.807) is 13.8 Å². The van der Waals surface area contributed by atoms with Gasteiger partial charge in [0.25, 0.3) is 0 Å². The molecule has 9 nitrogen and oxygen atoms in total. The lowest BCUT2D eigenvalue weighted by Gasteiger charge is -2.34. The van der Waals surface area contributed by atoms with Crippen LogP contribution in [0.4, 0.5) is 0 Å². The minimum atomic E-state index is -0.490. The van der Waals surface area contributed by atoms with E-state index in [4.69, 9.17) is 18.9 Å². The van der Waals surface area contributed by atoms with Gasteiger partial charge in [-0.2, -0.15) is 0 Å². The van der Waals surface area contributed by atoms with Gasteiger partial charge in [0.15, 0.2) is 0 Å². The summed E-state index contributed by atoms with van der Waals surface area (Å²) in [6, 6.07) is 0. The fraction of sp³-hybridized carbons (Fsp3) is 0.793. The van der Waals surface area contributed by atoms with Gasteiger partial charge in [0, 0.05) is 30.8 Å². The van der Waals surface area contributed by atoms with Crippen molar-refractivity contribution in [3.8, 4) is 0 Å². The van der Waals surface area contributed by atoms with E-state index in [0.717, 1.165) is 13.0 Å². The molecule has 9 heteroatoms. The van der Waals surface area contributed by atoms with Gasteiger partial charge in [-0.25, -0.2) is 0 Å². The van der Waals surface area contributed by atoms with Crippen LogP contribution in [0.5, 0.6) is 0 Å². The number of nitrogens with one attached hydrogen (secondary N) is 3. The second-order valence-corrected chi connectivity index (χ2v) is 11.0. The summed E-state index contributed by atoms with van der Waals surface area (Å²) in [5.41, 5.74) is 0.483. The van der Waals surface area contributed by atoms with Gasteiger partial charge in [0.1, 0.15) is 0 Å². The van der Waals surface area contributed by atoms with Crippen molar-refractivity contribution in [3.63, 3.8) is 0 Å². The molecule has 0 radical (unpaired) electrons. The molecule has 0 bridgehead atoms. The molecule has 38 heavy (non-hydrogen) atoms. The molecule has 3 atom stereocenters. The first-order valence-corrected chi connectivity index (χ1v) is 13.8. The van der Waals surface area contributed by atoms with Gasteiger partial charge in [-0.1, -0.05) is 40.9 Å².